The average molecular weight is 475 g/mol. The van der Waals surface area contributed by atoms with Gasteiger partial charge < -0.3 is 23.4 Å². The highest BCUT2D eigenvalue weighted by Crippen LogP contribution is 2.47. The lowest BCUT2D eigenvalue weighted by molar-refractivity contribution is -0.0472. The van der Waals surface area contributed by atoms with Gasteiger partial charge in [0.25, 0.3) is 0 Å². The van der Waals surface area contributed by atoms with Crippen LogP contribution in [-0.2, 0) is 4.74 Å². The van der Waals surface area contributed by atoms with E-state index in [0.29, 0.717) is 21.0 Å². The fourth-order valence-corrected chi connectivity index (χ4v) is 4.41. The Bertz CT molecular complexity index is 1550. The molecule has 1 aliphatic heterocycles. The number of ether oxygens (including phenoxy) is 2. The van der Waals surface area contributed by atoms with Gasteiger partial charge in [0.05, 0.1) is 27.8 Å². The highest BCUT2D eigenvalue weighted by atomic mass is 35.5. The molecule has 0 aliphatic carbocycles. The number of aryl methyl sites for hydroxylation is 2. The van der Waals surface area contributed by atoms with Gasteiger partial charge in [0.2, 0.25) is 6.29 Å². The number of methoxy groups -OCH3 is 1. The van der Waals surface area contributed by atoms with Crippen molar-refractivity contribution in [2.75, 3.05) is 7.11 Å². The van der Waals surface area contributed by atoms with E-state index in [9.17, 15) is 14.7 Å². The van der Waals surface area contributed by atoms with E-state index in [4.69, 9.17) is 41.5 Å². The zero-order valence-electron chi connectivity index (χ0n) is 17.1. The lowest BCUT2D eigenvalue weighted by atomic mass is 9.91. The molecule has 4 aromatic rings. The maximum Gasteiger partial charge on any atom is 0.344 e. The van der Waals surface area contributed by atoms with Crippen molar-refractivity contribution in [1.29, 1.82) is 0 Å². The molecule has 0 fully saturated rings. The Morgan fingerprint density at radius 1 is 0.875 bits per heavy atom. The van der Waals surface area contributed by atoms with Gasteiger partial charge in [0, 0.05) is 17.2 Å². The van der Waals surface area contributed by atoms with Crippen LogP contribution in [0.4, 0.5) is 0 Å². The quantitative estimate of drug-likeness (QED) is 0.406. The predicted octanol–water partition coefficient (Wildman–Crippen LogP) is 5.03. The molecule has 2 aromatic heterocycles. The Labute approximate surface area is 190 Å². The smallest absolute Gasteiger partial charge is 0.344 e. The fraction of sp³-hybridized carbons (Fsp3) is 0.217. The van der Waals surface area contributed by atoms with Crippen molar-refractivity contribution in [2.24, 2.45) is 0 Å². The monoisotopic (exact) mass is 474 g/mol. The van der Waals surface area contributed by atoms with E-state index in [1.807, 2.05) is 0 Å². The van der Waals surface area contributed by atoms with E-state index in [2.05, 4.69) is 0 Å². The first-order valence-electron chi connectivity index (χ1n) is 9.63. The lowest BCUT2D eigenvalue weighted by Gasteiger charge is -2.18. The molecule has 3 heterocycles. The molecular formula is C23H16Cl2O7. The molecular weight excluding hydrogens is 459 g/mol. The summed E-state index contributed by atoms with van der Waals surface area (Å²) in [6, 6.07) is 6.30. The highest BCUT2D eigenvalue weighted by molar-refractivity contribution is 6.32. The normalized spacial score (nSPS) is 17.7. The van der Waals surface area contributed by atoms with Crippen LogP contribution in [0.5, 0.6) is 11.5 Å². The number of aromatic hydroxyl groups is 1. The molecule has 0 saturated carbocycles. The Kier molecular flexibility index (Phi) is 4.74. The van der Waals surface area contributed by atoms with Crippen molar-refractivity contribution in [3.8, 4) is 11.5 Å². The minimum atomic E-state index is -1.10. The van der Waals surface area contributed by atoms with E-state index >= 15 is 0 Å². The third-order valence-electron chi connectivity index (χ3n) is 5.73. The Morgan fingerprint density at radius 3 is 2.00 bits per heavy atom. The summed E-state index contributed by atoms with van der Waals surface area (Å²) in [5.41, 5.74) is 0.138. The second kappa shape index (κ2) is 7.27. The molecule has 32 heavy (non-hydrogen) atoms. The van der Waals surface area contributed by atoms with Crippen molar-refractivity contribution >= 4 is 45.1 Å². The van der Waals surface area contributed by atoms with Crippen LogP contribution in [0, 0.1) is 13.8 Å². The van der Waals surface area contributed by atoms with Gasteiger partial charge in [-0.25, -0.2) is 9.59 Å². The first-order valence-corrected chi connectivity index (χ1v) is 10.4. The molecule has 0 amide bonds. The van der Waals surface area contributed by atoms with Crippen molar-refractivity contribution in [3.05, 3.63) is 77.4 Å². The van der Waals surface area contributed by atoms with Crippen LogP contribution in [0.3, 0.4) is 0 Å². The maximum absolute atomic E-state index is 13.0. The zero-order chi connectivity index (χ0) is 22.9. The largest absolute Gasteiger partial charge is 0.507 e. The van der Waals surface area contributed by atoms with Gasteiger partial charge in [-0.15, -0.1) is 0 Å². The molecule has 0 bridgehead atoms. The highest BCUT2D eigenvalue weighted by Gasteiger charge is 2.44. The second-order valence-electron chi connectivity index (χ2n) is 7.68. The molecule has 2 unspecified atom stereocenters. The summed E-state index contributed by atoms with van der Waals surface area (Å²) in [6.45, 7) is 3.53. The third kappa shape index (κ3) is 2.92. The van der Waals surface area contributed by atoms with Crippen LogP contribution >= 0.6 is 23.2 Å². The van der Waals surface area contributed by atoms with E-state index < -0.39 is 23.5 Å². The minimum absolute atomic E-state index is 0.0319. The topological polar surface area (TPSA) is 99.1 Å². The van der Waals surface area contributed by atoms with Crippen LogP contribution < -0.4 is 16.0 Å². The summed E-state index contributed by atoms with van der Waals surface area (Å²) >= 11 is 12.5. The SMILES string of the molecule is COC1Oc2c(c(=O)oc3cc(C)c(Cl)cc23)C1c1c(O)c2cc(Cl)c(C)cc2oc1=O. The molecule has 0 radical (unpaired) electrons. The number of rotatable bonds is 2. The second-order valence-corrected chi connectivity index (χ2v) is 8.49. The lowest BCUT2D eigenvalue weighted by Crippen LogP contribution is -2.28. The molecule has 5 rings (SSSR count). The average Bonchev–Trinajstić information content (AvgIpc) is 3.12. The van der Waals surface area contributed by atoms with Gasteiger partial charge in [0.1, 0.15) is 22.7 Å². The predicted molar refractivity (Wildman–Crippen MR) is 119 cm³/mol. The van der Waals surface area contributed by atoms with Crippen molar-refractivity contribution in [3.63, 3.8) is 0 Å². The summed E-state index contributed by atoms with van der Waals surface area (Å²) in [5.74, 6) is -1.30. The first-order chi connectivity index (χ1) is 15.2. The van der Waals surface area contributed by atoms with E-state index in [1.54, 1.807) is 32.0 Å². The summed E-state index contributed by atoms with van der Waals surface area (Å²) in [5, 5.41) is 12.6. The summed E-state index contributed by atoms with van der Waals surface area (Å²) in [6.07, 6.45) is -1.09. The number of fused-ring (bicyclic) bond motifs is 4. The van der Waals surface area contributed by atoms with E-state index in [-0.39, 0.29) is 39.2 Å². The van der Waals surface area contributed by atoms with Gasteiger partial charge in [-0.3, -0.25) is 0 Å². The summed E-state index contributed by atoms with van der Waals surface area (Å²) in [7, 11) is 1.37. The number of hydrogen-bond acceptors (Lipinski definition) is 7. The zero-order valence-corrected chi connectivity index (χ0v) is 18.6. The van der Waals surface area contributed by atoms with Gasteiger partial charge >= 0.3 is 11.3 Å². The molecule has 0 spiro atoms. The Hall–Kier alpha value is -3.00. The molecule has 1 aliphatic rings. The summed E-state index contributed by atoms with van der Waals surface area (Å²) in [4.78, 5) is 25.9. The fourth-order valence-electron chi connectivity index (χ4n) is 4.08. The molecule has 9 heteroatoms. The van der Waals surface area contributed by atoms with Gasteiger partial charge in [-0.2, -0.15) is 0 Å². The maximum atomic E-state index is 13.0. The van der Waals surface area contributed by atoms with Crippen LogP contribution in [0.2, 0.25) is 10.0 Å². The molecule has 0 saturated heterocycles. The van der Waals surface area contributed by atoms with E-state index in [1.165, 1.54) is 13.2 Å². The van der Waals surface area contributed by atoms with Crippen LogP contribution in [0.25, 0.3) is 21.9 Å². The van der Waals surface area contributed by atoms with Gasteiger partial charge in [-0.1, -0.05) is 23.2 Å². The molecule has 2 atom stereocenters. The van der Waals surface area contributed by atoms with Crippen LogP contribution in [-0.4, -0.2) is 18.5 Å². The Balaban J connectivity index is 1.84. The standard InChI is InChI=1S/C23H16Cl2O7/c1-8-4-14-10(6-12(8)24)19(26)17(21(27)30-14)16-18-20(32-23(16)29-3)11-7-13(25)9(2)5-15(11)31-22(18)28/h4-7,16,23,26H,1-3H3. The number of benzene rings is 2. The minimum Gasteiger partial charge on any atom is -0.507 e. The van der Waals surface area contributed by atoms with Crippen molar-refractivity contribution in [1.82, 2.24) is 0 Å². The molecule has 2 aromatic carbocycles. The van der Waals surface area contributed by atoms with E-state index in [0.717, 1.165) is 5.56 Å². The van der Waals surface area contributed by atoms with Crippen molar-refractivity contribution < 1.29 is 23.4 Å². The number of halogens is 2. The molecule has 7 nitrogen and oxygen atoms in total. The molecule has 1 N–H and O–H groups in total. The molecule has 164 valence electrons. The van der Waals surface area contributed by atoms with Crippen molar-refractivity contribution in [2.45, 2.75) is 26.1 Å². The third-order valence-corrected chi connectivity index (χ3v) is 6.54. The summed E-state index contributed by atoms with van der Waals surface area (Å²) < 4.78 is 22.3. The number of hydrogen-bond donors (Lipinski definition) is 1. The van der Waals surface area contributed by atoms with Crippen LogP contribution in [0.15, 0.2) is 42.7 Å². The van der Waals surface area contributed by atoms with Gasteiger partial charge in [0.15, 0.2) is 0 Å². The Morgan fingerprint density at radius 2 is 1.41 bits per heavy atom. The first kappa shape index (κ1) is 20.9. The van der Waals surface area contributed by atoms with Crippen LogP contribution in [0.1, 0.15) is 28.2 Å². The van der Waals surface area contributed by atoms with Gasteiger partial charge in [-0.05, 0) is 49.2 Å².